The van der Waals surface area contributed by atoms with Gasteiger partial charge in [-0.05, 0) is 100 Å². The van der Waals surface area contributed by atoms with E-state index in [2.05, 4.69) is 41.1 Å². The van der Waals surface area contributed by atoms with Crippen molar-refractivity contribution in [2.45, 2.75) is 50.0 Å². The first kappa shape index (κ1) is 27.2. The summed E-state index contributed by atoms with van der Waals surface area (Å²) in [5.41, 5.74) is 2.62. The lowest BCUT2D eigenvalue weighted by molar-refractivity contribution is 0.0238. The van der Waals surface area contributed by atoms with Gasteiger partial charge in [-0.1, -0.05) is 29.3 Å². The van der Waals surface area contributed by atoms with E-state index in [0.717, 1.165) is 62.0 Å². The van der Waals surface area contributed by atoms with Gasteiger partial charge in [-0.15, -0.1) is 11.8 Å². The number of aliphatic hydroxyl groups excluding tert-OH is 2. The number of fused-ring (bicyclic) bond motifs is 1. The first-order chi connectivity index (χ1) is 17.4. The summed E-state index contributed by atoms with van der Waals surface area (Å²) in [5.74, 6) is 1.82. The van der Waals surface area contributed by atoms with E-state index in [1.165, 1.54) is 10.5 Å². The largest absolute Gasteiger partial charge is 0.497 e. The van der Waals surface area contributed by atoms with Gasteiger partial charge in [-0.25, -0.2) is 0 Å². The number of likely N-dealkylation sites (tertiary alicyclic amines) is 1. The lowest BCUT2D eigenvalue weighted by atomic mass is 9.74. The quantitative estimate of drug-likeness (QED) is 0.226. The monoisotopic (exact) mass is 528 g/mol. The van der Waals surface area contributed by atoms with Gasteiger partial charge in [-0.3, -0.25) is 4.98 Å². The van der Waals surface area contributed by atoms with E-state index in [0.29, 0.717) is 22.8 Å². The van der Waals surface area contributed by atoms with Crippen LogP contribution in [-0.4, -0.2) is 59.2 Å². The van der Waals surface area contributed by atoms with Crippen LogP contribution in [0.2, 0.25) is 5.02 Å². The van der Waals surface area contributed by atoms with Crippen molar-refractivity contribution in [3.63, 3.8) is 0 Å². The summed E-state index contributed by atoms with van der Waals surface area (Å²) in [4.78, 5) is 8.25. The lowest BCUT2D eigenvalue weighted by Crippen LogP contribution is -2.42. The minimum atomic E-state index is -0.727. The summed E-state index contributed by atoms with van der Waals surface area (Å²) in [7, 11) is 1.62. The number of ether oxygens (including phenoxy) is 1. The number of thioether (sulfide) groups is 1. The molecule has 2 heterocycles. The van der Waals surface area contributed by atoms with Crippen LogP contribution in [0.1, 0.15) is 49.3 Å². The third-order valence-electron chi connectivity index (χ3n) is 7.48. The molecule has 0 spiro atoms. The summed E-state index contributed by atoms with van der Waals surface area (Å²) >= 11 is 8.41. The second-order valence-corrected chi connectivity index (χ2v) is 11.6. The summed E-state index contributed by atoms with van der Waals surface area (Å²) in [5, 5.41) is 22.7. The number of nitrogens with zero attached hydrogens (tertiary/aromatic N) is 2. The summed E-state index contributed by atoms with van der Waals surface area (Å²) in [6.45, 7) is 5.35. The van der Waals surface area contributed by atoms with E-state index in [9.17, 15) is 10.2 Å². The van der Waals surface area contributed by atoms with E-state index >= 15 is 0 Å². The molecule has 0 bridgehead atoms. The topological polar surface area (TPSA) is 65.8 Å². The van der Waals surface area contributed by atoms with E-state index in [4.69, 9.17) is 16.3 Å². The molecule has 0 amide bonds. The van der Waals surface area contributed by atoms with Gasteiger partial charge in [0.05, 0.1) is 23.8 Å². The molecule has 4 rings (SSSR count). The van der Waals surface area contributed by atoms with Crippen molar-refractivity contribution in [3.8, 4) is 5.75 Å². The molecule has 1 aromatic heterocycles. The molecule has 0 aliphatic carbocycles. The molecule has 1 saturated heterocycles. The van der Waals surface area contributed by atoms with Crippen molar-refractivity contribution >= 4 is 34.3 Å². The van der Waals surface area contributed by atoms with Crippen LogP contribution in [0, 0.1) is 12.3 Å². The van der Waals surface area contributed by atoms with Crippen LogP contribution in [-0.2, 0) is 0 Å². The van der Waals surface area contributed by atoms with Crippen LogP contribution in [0.5, 0.6) is 5.75 Å². The van der Waals surface area contributed by atoms with Gasteiger partial charge < -0.3 is 19.8 Å². The van der Waals surface area contributed by atoms with E-state index < -0.39 is 6.10 Å². The number of hydrogen-bond donors (Lipinski definition) is 2. The zero-order valence-corrected chi connectivity index (χ0v) is 22.8. The maximum atomic E-state index is 11.2. The maximum absolute atomic E-state index is 11.2. The minimum Gasteiger partial charge on any atom is -0.497 e. The molecule has 1 unspecified atom stereocenters. The van der Waals surface area contributed by atoms with Gasteiger partial charge in [0.25, 0.3) is 0 Å². The number of aliphatic hydroxyl groups is 2. The molecule has 0 saturated carbocycles. The average molecular weight is 529 g/mol. The summed E-state index contributed by atoms with van der Waals surface area (Å²) in [6.07, 6.45) is 5.22. The highest BCUT2D eigenvalue weighted by Crippen LogP contribution is 2.40. The lowest BCUT2D eigenvalue weighted by Gasteiger charge is -2.41. The number of hydrogen-bond acceptors (Lipinski definition) is 6. The molecule has 1 atom stereocenters. The van der Waals surface area contributed by atoms with Crippen molar-refractivity contribution in [2.75, 3.05) is 39.1 Å². The molecule has 1 aliphatic rings. The van der Waals surface area contributed by atoms with Crippen molar-refractivity contribution in [3.05, 3.63) is 64.8 Å². The van der Waals surface area contributed by atoms with E-state index in [1.807, 2.05) is 30.0 Å². The number of benzene rings is 2. The molecule has 1 fully saturated rings. The Morgan fingerprint density at radius 3 is 2.72 bits per heavy atom. The molecular formula is C29H37ClN2O3S. The molecule has 2 aromatic carbocycles. The molecule has 194 valence electrons. The van der Waals surface area contributed by atoms with Gasteiger partial charge >= 0.3 is 0 Å². The van der Waals surface area contributed by atoms with Crippen LogP contribution in [0.4, 0.5) is 0 Å². The fourth-order valence-corrected chi connectivity index (χ4v) is 6.37. The Morgan fingerprint density at radius 1 is 1.19 bits per heavy atom. The molecule has 7 heteroatoms. The Kier molecular flexibility index (Phi) is 9.53. The van der Waals surface area contributed by atoms with Gasteiger partial charge in [0, 0.05) is 28.6 Å². The molecule has 0 radical (unpaired) electrons. The Morgan fingerprint density at radius 2 is 2.00 bits per heavy atom. The predicted octanol–water partition coefficient (Wildman–Crippen LogP) is 6.28. The van der Waals surface area contributed by atoms with E-state index in [-0.39, 0.29) is 12.0 Å². The number of aromatic nitrogens is 1. The highest BCUT2D eigenvalue weighted by molar-refractivity contribution is 7.99. The zero-order valence-electron chi connectivity index (χ0n) is 21.3. The van der Waals surface area contributed by atoms with Crippen LogP contribution in [0.25, 0.3) is 10.9 Å². The average Bonchev–Trinajstić information content (AvgIpc) is 2.90. The van der Waals surface area contributed by atoms with Crippen molar-refractivity contribution < 1.29 is 14.9 Å². The number of rotatable bonds is 11. The minimum absolute atomic E-state index is 0.148. The van der Waals surface area contributed by atoms with Gasteiger partial charge in [0.1, 0.15) is 5.75 Å². The summed E-state index contributed by atoms with van der Waals surface area (Å²) in [6, 6.07) is 14.3. The van der Waals surface area contributed by atoms with E-state index in [1.54, 1.807) is 13.3 Å². The number of aryl methyl sites for hydroxylation is 1. The number of methoxy groups -OCH3 is 1. The Bertz CT molecular complexity index is 1150. The number of halogens is 1. The van der Waals surface area contributed by atoms with Crippen LogP contribution in [0.15, 0.2) is 53.6 Å². The molecule has 36 heavy (non-hydrogen) atoms. The van der Waals surface area contributed by atoms with Gasteiger partial charge in [0.2, 0.25) is 0 Å². The van der Waals surface area contributed by atoms with Gasteiger partial charge in [-0.2, -0.15) is 0 Å². The zero-order chi connectivity index (χ0) is 25.5. The molecule has 2 N–H and O–H groups in total. The van der Waals surface area contributed by atoms with Crippen molar-refractivity contribution in [2.24, 2.45) is 5.41 Å². The second-order valence-electron chi connectivity index (χ2n) is 9.98. The molecule has 3 aromatic rings. The smallest absolute Gasteiger partial charge is 0.119 e. The molecule has 5 nitrogen and oxygen atoms in total. The fourth-order valence-electron chi connectivity index (χ4n) is 5.14. The molecule has 1 aliphatic heterocycles. The highest BCUT2D eigenvalue weighted by atomic mass is 35.5. The second kappa shape index (κ2) is 12.6. The normalized spacial score (nSPS) is 16.8. The van der Waals surface area contributed by atoms with Gasteiger partial charge in [0.15, 0.2) is 0 Å². The SMILES string of the molecule is COc1ccc2ncc(Cl)c(C(O)CCC3(CO)CCN(CCCSc4cccc(C)c4)CC3)c2c1. The first-order valence-corrected chi connectivity index (χ1v) is 14.1. The predicted molar refractivity (Wildman–Crippen MR) is 149 cm³/mol. The summed E-state index contributed by atoms with van der Waals surface area (Å²) < 4.78 is 5.37. The van der Waals surface area contributed by atoms with Crippen LogP contribution >= 0.6 is 23.4 Å². The molecular weight excluding hydrogens is 492 g/mol. The van der Waals surface area contributed by atoms with Crippen LogP contribution in [0.3, 0.4) is 0 Å². The number of pyridine rings is 1. The Hall–Kier alpha value is -1.83. The van der Waals surface area contributed by atoms with Crippen LogP contribution < -0.4 is 4.74 Å². The highest BCUT2D eigenvalue weighted by Gasteiger charge is 2.34. The fraction of sp³-hybridized carbons (Fsp3) is 0.483. The van der Waals surface area contributed by atoms with Crippen molar-refractivity contribution in [1.29, 1.82) is 0 Å². The third kappa shape index (κ3) is 6.73. The number of piperidine rings is 1. The third-order valence-corrected chi connectivity index (χ3v) is 8.86. The Balaban J connectivity index is 1.29. The van der Waals surface area contributed by atoms with Crippen molar-refractivity contribution in [1.82, 2.24) is 9.88 Å². The standard InChI is InChI=1S/C29H37ClN2O3S/c1-21-5-3-6-23(17-21)36-16-4-13-32-14-11-29(20-33,12-15-32)10-9-27(34)28-24-18-22(35-2)7-8-26(24)31-19-25(28)30/h3,5-8,17-19,27,33-34H,4,9-16,20H2,1-2H3. The first-order valence-electron chi connectivity index (χ1n) is 12.8. The maximum Gasteiger partial charge on any atom is 0.119 e. The Labute approximate surface area is 223 Å².